The highest BCUT2D eigenvalue weighted by Gasteiger charge is 2.31. The Morgan fingerprint density at radius 3 is 2.80 bits per heavy atom. The van der Waals surface area contributed by atoms with Gasteiger partial charge in [0.05, 0.1) is 0 Å². The van der Waals surface area contributed by atoms with Gasteiger partial charge >= 0.3 is 0 Å². The van der Waals surface area contributed by atoms with Crippen molar-refractivity contribution in [3.63, 3.8) is 0 Å². The molecule has 0 aromatic heterocycles. The van der Waals surface area contributed by atoms with Crippen LogP contribution in [0.15, 0.2) is 18.2 Å². The second kappa shape index (κ2) is 6.59. The van der Waals surface area contributed by atoms with Gasteiger partial charge in [-0.3, -0.25) is 0 Å². The topological polar surface area (TPSA) is 24.5 Å². The minimum absolute atomic E-state index is 0.0514. The van der Waals surface area contributed by atoms with Gasteiger partial charge < -0.3 is 15.0 Å². The van der Waals surface area contributed by atoms with Gasteiger partial charge in [-0.05, 0) is 59.4 Å². The first-order chi connectivity index (χ1) is 9.48. The molecule has 0 amide bonds. The summed E-state index contributed by atoms with van der Waals surface area (Å²) in [5, 5.41) is 3.53. The third-order valence-electron chi connectivity index (χ3n) is 3.70. The number of rotatable bonds is 7. The molecule has 20 heavy (non-hydrogen) atoms. The molecule has 0 saturated heterocycles. The summed E-state index contributed by atoms with van der Waals surface area (Å²) in [7, 11) is 4.25. The summed E-state index contributed by atoms with van der Waals surface area (Å²) < 4.78 is 6.09. The highest BCUT2D eigenvalue weighted by molar-refractivity contribution is 5.45. The van der Waals surface area contributed by atoms with Crippen LogP contribution in [0.5, 0.6) is 5.75 Å². The number of unbranched alkanes of at least 4 members (excludes halogenated alkanes) is 1. The molecule has 0 bridgehead atoms. The first kappa shape index (κ1) is 15.3. The quantitative estimate of drug-likeness (QED) is 0.775. The van der Waals surface area contributed by atoms with Crippen molar-refractivity contribution in [3.05, 3.63) is 29.3 Å². The summed E-state index contributed by atoms with van der Waals surface area (Å²) >= 11 is 0. The van der Waals surface area contributed by atoms with Gasteiger partial charge in [0.15, 0.2) is 0 Å². The van der Waals surface area contributed by atoms with Gasteiger partial charge in [0.1, 0.15) is 11.4 Å². The zero-order valence-electron chi connectivity index (χ0n) is 13.3. The van der Waals surface area contributed by atoms with Crippen LogP contribution in [0.3, 0.4) is 0 Å². The van der Waals surface area contributed by atoms with E-state index in [9.17, 15) is 0 Å². The van der Waals surface area contributed by atoms with Gasteiger partial charge in [0.25, 0.3) is 0 Å². The number of hydrogen-bond acceptors (Lipinski definition) is 3. The predicted octanol–water partition coefficient (Wildman–Crippen LogP) is 2.83. The van der Waals surface area contributed by atoms with Crippen molar-refractivity contribution in [2.45, 2.75) is 45.3 Å². The van der Waals surface area contributed by atoms with Crippen LogP contribution in [0.1, 0.15) is 37.8 Å². The average Bonchev–Trinajstić information content (AvgIpc) is 2.67. The summed E-state index contributed by atoms with van der Waals surface area (Å²) in [6.45, 7) is 7.46. The molecule has 0 spiro atoms. The number of ether oxygens (including phenoxy) is 1. The Balaban J connectivity index is 1.79. The zero-order chi connectivity index (χ0) is 14.6. The lowest BCUT2D eigenvalue weighted by atomic mass is 10.0. The molecule has 1 N–H and O–H groups in total. The van der Waals surface area contributed by atoms with E-state index in [1.807, 2.05) is 0 Å². The Kier molecular flexibility index (Phi) is 5.06. The minimum Gasteiger partial charge on any atom is -0.487 e. The summed E-state index contributed by atoms with van der Waals surface area (Å²) in [6, 6.07) is 6.50. The van der Waals surface area contributed by atoms with Crippen LogP contribution in [0.2, 0.25) is 0 Å². The van der Waals surface area contributed by atoms with Crippen LogP contribution in [-0.2, 0) is 13.0 Å². The number of benzene rings is 1. The maximum Gasteiger partial charge on any atom is 0.127 e. The molecule has 1 aromatic carbocycles. The maximum atomic E-state index is 6.09. The monoisotopic (exact) mass is 276 g/mol. The standard InChI is InChI=1S/C17H28N2O/c1-17(2)12-14-8-7-9-15(16(14)20-17)13-18-10-5-6-11-19(3)4/h7-9,18H,5-6,10-13H2,1-4H3. The van der Waals surface area contributed by atoms with E-state index in [1.54, 1.807) is 0 Å². The molecule has 0 fully saturated rings. The Bertz CT molecular complexity index is 441. The Hall–Kier alpha value is -1.06. The van der Waals surface area contributed by atoms with Crippen LogP contribution in [0.4, 0.5) is 0 Å². The van der Waals surface area contributed by atoms with Gasteiger partial charge in [-0.1, -0.05) is 18.2 Å². The smallest absolute Gasteiger partial charge is 0.127 e. The van der Waals surface area contributed by atoms with Crippen molar-refractivity contribution in [2.75, 3.05) is 27.2 Å². The lowest BCUT2D eigenvalue weighted by molar-refractivity contribution is 0.137. The molecule has 3 heteroatoms. The van der Waals surface area contributed by atoms with E-state index in [0.29, 0.717) is 0 Å². The van der Waals surface area contributed by atoms with Gasteiger partial charge in [0.2, 0.25) is 0 Å². The fourth-order valence-electron chi connectivity index (χ4n) is 2.72. The van der Waals surface area contributed by atoms with Crippen molar-refractivity contribution < 1.29 is 4.74 Å². The van der Waals surface area contributed by atoms with E-state index in [4.69, 9.17) is 4.74 Å². The van der Waals surface area contributed by atoms with E-state index < -0.39 is 0 Å². The first-order valence-corrected chi connectivity index (χ1v) is 7.63. The summed E-state index contributed by atoms with van der Waals surface area (Å²) in [5.41, 5.74) is 2.59. The third kappa shape index (κ3) is 4.22. The van der Waals surface area contributed by atoms with E-state index in [1.165, 1.54) is 30.5 Å². The number of nitrogens with one attached hydrogen (secondary N) is 1. The molecule has 1 aliphatic rings. The highest BCUT2D eigenvalue weighted by atomic mass is 16.5. The van der Waals surface area contributed by atoms with Gasteiger partial charge in [0, 0.05) is 18.5 Å². The molecular weight excluding hydrogens is 248 g/mol. The van der Waals surface area contributed by atoms with Crippen LogP contribution in [0.25, 0.3) is 0 Å². The van der Waals surface area contributed by atoms with Crippen molar-refractivity contribution in [1.82, 2.24) is 10.2 Å². The summed E-state index contributed by atoms with van der Waals surface area (Å²) in [5.74, 6) is 1.11. The Morgan fingerprint density at radius 1 is 1.25 bits per heavy atom. The van der Waals surface area contributed by atoms with Gasteiger partial charge in [-0.15, -0.1) is 0 Å². The molecule has 1 heterocycles. The largest absolute Gasteiger partial charge is 0.487 e. The highest BCUT2D eigenvalue weighted by Crippen LogP contribution is 2.37. The minimum atomic E-state index is -0.0514. The van der Waals surface area contributed by atoms with Crippen molar-refractivity contribution in [1.29, 1.82) is 0 Å². The first-order valence-electron chi connectivity index (χ1n) is 7.63. The molecule has 0 aliphatic carbocycles. The van der Waals surface area contributed by atoms with E-state index >= 15 is 0 Å². The van der Waals surface area contributed by atoms with E-state index in [-0.39, 0.29) is 5.60 Å². The second-order valence-corrected chi connectivity index (χ2v) is 6.63. The van der Waals surface area contributed by atoms with Crippen LogP contribution in [-0.4, -0.2) is 37.7 Å². The summed E-state index contributed by atoms with van der Waals surface area (Å²) in [6.07, 6.45) is 3.48. The number of nitrogens with zero attached hydrogens (tertiary/aromatic N) is 1. The zero-order valence-corrected chi connectivity index (χ0v) is 13.3. The lowest BCUT2D eigenvalue weighted by Crippen LogP contribution is -2.25. The maximum absolute atomic E-state index is 6.09. The van der Waals surface area contributed by atoms with Crippen LogP contribution >= 0.6 is 0 Å². The van der Waals surface area contributed by atoms with Crippen molar-refractivity contribution in [3.8, 4) is 5.75 Å². The molecule has 0 unspecified atom stereocenters. The normalized spacial score (nSPS) is 16.2. The Morgan fingerprint density at radius 2 is 2.05 bits per heavy atom. The fraction of sp³-hybridized carbons (Fsp3) is 0.647. The fourth-order valence-corrected chi connectivity index (χ4v) is 2.72. The SMILES string of the molecule is CN(C)CCCCNCc1cccc2c1OC(C)(C)C2. The molecule has 0 atom stereocenters. The third-order valence-corrected chi connectivity index (χ3v) is 3.70. The molecule has 1 aliphatic heterocycles. The Labute approximate surface area is 123 Å². The lowest BCUT2D eigenvalue weighted by Gasteiger charge is -2.18. The number of fused-ring (bicyclic) bond motifs is 1. The molecule has 1 aromatic rings. The van der Waals surface area contributed by atoms with Crippen LogP contribution in [0, 0.1) is 0 Å². The molecular formula is C17H28N2O. The van der Waals surface area contributed by atoms with Crippen molar-refractivity contribution >= 4 is 0 Å². The molecule has 2 rings (SSSR count). The predicted molar refractivity (Wildman–Crippen MR) is 84.3 cm³/mol. The molecule has 0 saturated carbocycles. The number of para-hydroxylation sites is 1. The summed E-state index contributed by atoms with van der Waals surface area (Å²) in [4.78, 5) is 2.24. The molecule has 3 nitrogen and oxygen atoms in total. The average molecular weight is 276 g/mol. The van der Waals surface area contributed by atoms with Crippen molar-refractivity contribution in [2.24, 2.45) is 0 Å². The molecule has 112 valence electrons. The van der Waals surface area contributed by atoms with E-state index in [0.717, 1.165) is 25.3 Å². The molecule has 0 radical (unpaired) electrons. The second-order valence-electron chi connectivity index (χ2n) is 6.63. The van der Waals surface area contributed by atoms with Gasteiger partial charge in [-0.25, -0.2) is 0 Å². The number of hydrogen-bond donors (Lipinski definition) is 1. The van der Waals surface area contributed by atoms with Gasteiger partial charge in [-0.2, -0.15) is 0 Å². The van der Waals surface area contributed by atoms with Crippen LogP contribution < -0.4 is 10.1 Å². The van der Waals surface area contributed by atoms with E-state index in [2.05, 4.69) is 56.4 Å².